The zero-order valence-electron chi connectivity index (χ0n) is 14.1. The molecule has 1 amide bonds. The molecule has 0 aromatic carbocycles. The fourth-order valence-electron chi connectivity index (χ4n) is 3.04. The van der Waals surface area contributed by atoms with Crippen molar-refractivity contribution in [3.63, 3.8) is 0 Å². The molecule has 0 radical (unpaired) electrons. The fourth-order valence-corrected chi connectivity index (χ4v) is 3.74. The number of alkyl halides is 3. The maximum Gasteiger partial charge on any atom is 0.417 e. The minimum atomic E-state index is -4.38. The number of piperidine rings is 1. The highest BCUT2D eigenvalue weighted by molar-refractivity contribution is 7.07. The molecular formula is C18H20F3N3OS. The van der Waals surface area contributed by atoms with Crippen LogP contribution in [0.5, 0.6) is 0 Å². The van der Waals surface area contributed by atoms with Gasteiger partial charge in [-0.1, -0.05) is 0 Å². The lowest BCUT2D eigenvalue weighted by Gasteiger charge is -2.34. The number of amides is 1. The largest absolute Gasteiger partial charge is 0.417 e. The maximum atomic E-state index is 12.6. The smallest absolute Gasteiger partial charge is 0.355 e. The van der Waals surface area contributed by atoms with Crippen LogP contribution in [0.25, 0.3) is 0 Å². The molecule has 140 valence electrons. The standard InChI is InChI=1S/C18H20F3N3OS/c19-18(20,21)14-4-5-16(22-10-14)24-8-1-2-15(11-24)23-17(25)6-3-13-7-9-26-12-13/h4-5,7,9-10,12,15H,1-3,6,8,11H2,(H,23,25)/t15-/m0/s1. The lowest BCUT2D eigenvalue weighted by molar-refractivity contribution is -0.137. The predicted molar refractivity (Wildman–Crippen MR) is 95.3 cm³/mol. The third-order valence-electron chi connectivity index (χ3n) is 4.41. The van der Waals surface area contributed by atoms with Gasteiger partial charge in [0, 0.05) is 31.7 Å². The average Bonchev–Trinajstić information content (AvgIpc) is 3.13. The molecule has 0 saturated carbocycles. The number of rotatable bonds is 5. The molecular weight excluding hydrogens is 363 g/mol. The van der Waals surface area contributed by atoms with Crippen LogP contribution in [0, 0.1) is 0 Å². The molecule has 1 fully saturated rings. The van der Waals surface area contributed by atoms with Crippen molar-refractivity contribution in [3.05, 3.63) is 46.3 Å². The van der Waals surface area contributed by atoms with Crippen LogP contribution in [0.2, 0.25) is 0 Å². The summed E-state index contributed by atoms with van der Waals surface area (Å²) in [5.74, 6) is 0.513. The molecule has 1 aliphatic heterocycles. The van der Waals surface area contributed by atoms with Crippen molar-refractivity contribution < 1.29 is 18.0 Å². The van der Waals surface area contributed by atoms with E-state index in [9.17, 15) is 18.0 Å². The molecule has 2 aromatic rings. The van der Waals surface area contributed by atoms with E-state index in [1.54, 1.807) is 11.3 Å². The maximum absolute atomic E-state index is 12.6. The quantitative estimate of drug-likeness (QED) is 0.852. The van der Waals surface area contributed by atoms with Crippen LogP contribution >= 0.6 is 11.3 Å². The van der Waals surface area contributed by atoms with E-state index in [2.05, 4.69) is 10.3 Å². The number of aromatic nitrogens is 1. The zero-order chi connectivity index (χ0) is 18.6. The zero-order valence-corrected chi connectivity index (χ0v) is 14.9. The van der Waals surface area contributed by atoms with E-state index in [1.165, 1.54) is 6.07 Å². The van der Waals surface area contributed by atoms with E-state index in [4.69, 9.17) is 0 Å². The number of nitrogens with one attached hydrogen (secondary N) is 1. The number of carbonyl (C=O) groups is 1. The van der Waals surface area contributed by atoms with Crippen molar-refractivity contribution in [1.82, 2.24) is 10.3 Å². The van der Waals surface area contributed by atoms with Crippen LogP contribution in [-0.4, -0.2) is 30.0 Å². The minimum absolute atomic E-state index is 0.00317. The van der Waals surface area contributed by atoms with Gasteiger partial charge in [0.2, 0.25) is 5.91 Å². The van der Waals surface area contributed by atoms with Crippen molar-refractivity contribution in [2.24, 2.45) is 0 Å². The second kappa shape index (κ2) is 8.07. The van der Waals surface area contributed by atoms with Crippen molar-refractivity contribution in [2.45, 2.75) is 37.9 Å². The number of thiophene rings is 1. The number of hydrogen-bond donors (Lipinski definition) is 1. The Morgan fingerprint density at radius 1 is 1.35 bits per heavy atom. The monoisotopic (exact) mass is 383 g/mol. The number of aryl methyl sites for hydroxylation is 1. The lowest BCUT2D eigenvalue weighted by atomic mass is 10.0. The van der Waals surface area contributed by atoms with Gasteiger partial charge in [-0.15, -0.1) is 0 Å². The van der Waals surface area contributed by atoms with E-state index in [-0.39, 0.29) is 11.9 Å². The topological polar surface area (TPSA) is 45.2 Å². The molecule has 3 rings (SSSR count). The third kappa shape index (κ3) is 4.97. The normalized spacial score (nSPS) is 18.0. The molecule has 1 N–H and O–H groups in total. The predicted octanol–water partition coefficient (Wildman–Crippen LogP) is 3.88. The molecule has 0 unspecified atom stereocenters. The Balaban J connectivity index is 1.52. The van der Waals surface area contributed by atoms with Gasteiger partial charge in [-0.05, 0) is 53.8 Å². The molecule has 8 heteroatoms. The molecule has 0 bridgehead atoms. The molecule has 0 spiro atoms. The Hall–Kier alpha value is -2.09. The highest BCUT2D eigenvalue weighted by Gasteiger charge is 2.31. The molecule has 26 heavy (non-hydrogen) atoms. The van der Waals surface area contributed by atoms with Crippen LogP contribution in [0.3, 0.4) is 0 Å². The minimum Gasteiger partial charge on any atom is -0.355 e. The first kappa shape index (κ1) is 18.7. The molecule has 1 saturated heterocycles. The first-order valence-corrected chi connectivity index (χ1v) is 9.45. The molecule has 0 aliphatic carbocycles. The summed E-state index contributed by atoms with van der Waals surface area (Å²) >= 11 is 1.61. The fraction of sp³-hybridized carbons (Fsp3) is 0.444. The van der Waals surface area contributed by atoms with Gasteiger partial charge >= 0.3 is 6.18 Å². The summed E-state index contributed by atoms with van der Waals surface area (Å²) in [5, 5.41) is 7.05. The summed E-state index contributed by atoms with van der Waals surface area (Å²) < 4.78 is 37.9. The second-order valence-electron chi connectivity index (χ2n) is 6.39. The summed E-state index contributed by atoms with van der Waals surface area (Å²) in [6.45, 7) is 1.28. The average molecular weight is 383 g/mol. The van der Waals surface area contributed by atoms with Gasteiger partial charge in [0.1, 0.15) is 5.82 Å². The Kier molecular flexibility index (Phi) is 5.80. The van der Waals surface area contributed by atoms with Crippen molar-refractivity contribution in [1.29, 1.82) is 0 Å². The van der Waals surface area contributed by atoms with Gasteiger partial charge in [-0.2, -0.15) is 24.5 Å². The van der Waals surface area contributed by atoms with Crippen LogP contribution in [0.15, 0.2) is 35.2 Å². The first-order valence-electron chi connectivity index (χ1n) is 8.50. The Morgan fingerprint density at radius 2 is 2.19 bits per heavy atom. The Morgan fingerprint density at radius 3 is 2.85 bits per heavy atom. The van der Waals surface area contributed by atoms with Gasteiger partial charge < -0.3 is 10.2 Å². The van der Waals surface area contributed by atoms with E-state index >= 15 is 0 Å². The molecule has 1 atom stereocenters. The van der Waals surface area contributed by atoms with E-state index in [0.29, 0.717) is 25.2 Å². The molecule has 2 aromatic heterocycles. The molecule has 4 nitrogen and oxygen atoms in total. The second-order valence-corrected chi connectivity index (χ2v) is 7.17. The third-order valence-corrected chi connectivity index (χ3v) is 5.14. The Bertz CT molecular complexity index is 716. The summed E-state index contributed by atoms with van der Waals surface area (Å²) in [6, 6.07) is 4.44. The van der Waals surface area contributed by atoms with Gasteiger partial charge in [0.25, 0.3) is 0 Å². The number of hydrogen-bond acceptors (Lipinski definition) is 4. The first-order chi connectivity index (χ1) is 12.4. The van der Waals surface area contributed by atoms with Gasteiger partial charge in [0.15, 0.2) is 0 Å². The highest BCUT2D eigenvalue weighted by Crippen LogP contribution is 2.29. The van der Waals surface area contributed by atoms with Crippen molar-refractivity contribution in [2.75, 3.05) is 18.0 Å². The Labute approximate surface area is 154 Å². The van der Waals surface area contributed by atoms with Gasteiger partial charge in [0.05, 0.1) is 5.56 Å². The SMILES string of the molecule is O=C(CCc1ccsc1)N[C@H]1CCCN(c2ccc(C(F)(F)F)cn2)C1. The highest BCUT2D eigenvalue weighted by atomic mass is 32.1. The number of carbonyl (C=O) groups excluding carboxylic acids is 1. The van der Waals surface area contributed by atoms with Crippen LogP contribution < -0.4 is 10.2 Å². The van der Waals surface area contributed by atoms with Crippen LogP contribution in [-0.2, 0) is 17.4 Å². The summed E-state index contributed by atoms with van der Waals surface area (Å²) in [7, 11) is 0. The summed E-state index contributed by atoms with van der Waals surface area (Å²) in [5.41, 5.74) is 0.404. The van der Waals surface area contributed by atoms with Gasteiger partial charge in [-0.3, -0.25) is 4.79 Å². The van der Waals surface area contributed by atoms with Crippen molar-refractivity contribution in [3.8, 4) is 0 Å². The number of nitrogens with zero attached hydrogens (tertiary/aromatic N) is 2. The number of pyridine rings is 1. The summed E-state index contributed by atoms with van der Waals surface area (Å²) in [6.07, 6.45) is -0.651. The number of halogens is 3. The van der Waals surface area contributed by atoms with Crippen LogP contribution in [0.1, 0.15) is 30.4 Å². The van der Waals surface area contributed by atoms with Gasteiger partial charge in [-0.25, -0.2) is 4.98 Å². The van der Waals surface area contributed by atoms with E-state index < -0.39 is 11.7 Å². The number of anilines is 1. The lowest BCUT2D eigenvalue weighted by Crippen LogP contribution is -2.48. The summed E-state index contributed by atoms with van der Waals surface area (Å²) in [4.78, 5) is 18.0. The van der Waals surface area contributed by atoms with Crippen LogP contribution in [0.4, 0.5) is 19.0 Å². The molecule has 3 heterocycles. The van der Waals surface area contributed by atoms with E-state index in [0.717, 1.165) is 37.2 Å². The van der Waals surface area contributed by atoms with Crippen molar-refractivity contribution >= 4 is 23.1 Å². The van der Waals surface area contributed by atoms with E-state index in [1.807, 2.05) is 21.7 Å². The molecule has 1 aliphatic rings.